The summed E-state index contributed by atoms with van der Waals surface area (Å²) in [5, 5.41) is 18.8. The Labute approximate surface area is 135 Å². The Bertz CT molecular complexity index is 689. The summed E-state index contributed by atoms with van der Waals surface area (Å²) in [6.07, 6.45) is 5.45. The Morgan fingerprint density at radius 1 is 1.35 bits per heavy atom. The van der Waals surface area contributed by atoms with Gasteiger partial charge in [0.15, 0.2) is 0 Å². The van der Waals surface area contributed by atoms with Gasteiger partial charge in [0.2, 0.25) is 5.82 Å². The summed E-state index contributed by atoms with van der Waals surface area (Å²) in [5.74, 6) is 0.346. The normalized spacial score (nSPS) is 22.3. The van der Waals surface area contributed by atoms with Crippen LogP contribution < -0.4 is 5.32 Å². The zero-order chi connectivity index (χ0) is 16.4. The zero-order valence-corrected chi connectivity index (χ0v) is 13.6. The molecule has 1 aliphatic heterocycles. The fourth-order valence-corrected chi connectivity index (χ4v) is 3.50. The molecule has 3 rings (SSSR count). The third-order valence-electron chi connectivity index (χ3n) is 4.74. The van der Waals surface area contributed by atoms with Gasteiger partial charge in [0.05, 0.1) is 4.92 Å². The molecule has 1 saturated heterocycles. The summed E-state index contributed by atoms with van der Waals surface area (Å²) in [7, 11) is 0. The van der Waals surface area contributed by atoms with Gasteiger partial charge in [-0.2, -0.15) is 0 Å². The van der Waals surface area contributed by atoms with Crippen LogP contribution in [0.15, 0.2) is 24.4 Å². The second-order valence-corrected chi connectivity index (χ2v) is 6.28. The second kappa shape index (κ2) is 6.54. The molecule has 7 nitrogen and oxygen atoms in total. The first-order valence-corrected chi connectivity index (χ1v) is 8.19. The van der Waals surface area contributed by atoms with Gasteiger partial charge in [0, 0.05) is 31.4 Å². The number of likely N-dealkylation sites (tertiary alicyclic amines) is 1. The topological polar surface area (TPSA) is 75.7 Å². The summed E-state index contributed by atoms with van der Waals surface area (Å²) in [5.41, 5.74) is 0.560. The molecule has 1 fully saturated rings. The van der Waals surface area contributed by atoms with E-state index in [2.05, 4.69) is 29.2 Å². The Morgan fingerprint density at radius 3 is 2.78 bits per heavy atom. The van der Waals surface area contributed by atoms with Crippen LogP contribution in [0.4, 0.5) is 11.5 Å². The van der Waals surface area contributed by atoms with Gasteiger partial charge in [-0.3, -0.25) is 15.0 Å². The third kappa shape index (κ3) is 3.14. The van der Waals surface area contributed by atoms with Crippen LogP contribution in [0.1, 0.15) is 33.1 Å². The molecule has 2 aromatic heterocycles. The maximum atomic E-state index is 11.4. The molecule has 0 bridgehead atoms. The number of nitrogens with zero attached hydrogens (tertiary/aromatic N) is 4. The third-order valence-corrected chi connectivity index (χ3v) is 4.74. The Balaban J connectivity index is 1.72. The molecule has 0 spiro atoms. The lowest BCUT2D eigenvalue weighted by atomic mass is 9.98. The number of hydrogen-bond acceptors (Lipinski definition) is 5. The van der Waals surface area contributed by atoms with Crippen LogP contribution in [-0.2, 0) is 0 Å². The highest BCUT2D eigenvalue weighted by Crippen LogP contribution is 2.28. The highest BCUT2D eigenvalue weighted by atomic mass is 16.6. The molecule has 0 radical (unpaired) electrons. The lowest BCUT2D eigenvalue weighted by molar-refractivity contribution is -0.382. The van der Waals surface area contributed by atoms with Crippen molar-refractivity contribution >= 4 is 17.0 Å². The van der Waals surface area contributed by atoms with Gasteiger partial charge in [-0.25, -0.2) is 4.52 Å². The molecule has 0 saturated carbocycles. The number of hydrogen-bond donors (Lipinski definition) is 1. The number of anilines is 1. The summed E-state index contributed by atoms with van der Waals surface area (Å²) in [6.45, 7) is 6.03. The lowest BCUT2D eigenvalue weighted by Crippen LogP contribution is -2.45. The van der Waals surface area contributed by atoms with Crippen molar-refractivity contribution < 1.29 is 4.92 Å². The average molecular weight is 317 g/mol. The molecular formula is C16H23N5O2. The van der Waals surface area contributed by atoms with Crippen molar-refractivity contribution in [1.29, 1.82) is 0 Å². The van der Waals surface area contributed by atoms with E-state index in [-0.39, 0.29) is 10.6 Å². The van der Waals surface area contributed by atoms with Gasteiger partial charge in [0.1, 0.15) is 5.52 Å². The Hall–Kier alpha value is -2.15. The quantitative estimate of drug-likeness (QED) is 0.678. The number of nitro groups is 1. The molecule has 23 heavy (non-hydrogen) atoms. The van der Waals surface area contributed by atoms with Crippen molar-refractivity contribution in [2.45, 2.75) is 45.2 Å². The number of fused-ring (bicyclic) bond motifs is 1. The largest absolute Gasteiger partial charge is 0.362 e. The van der Waals surface area contributed by atoms with Crippen molar-refractivity contribution in [3.63, 3.8) is 0 Å². The molecule has 124 valence electrons. The van der Waals surface area contributed by atoms with Crippen LogP contribution in [0.25, 0.3) is 5.52 Å². The summed E-state index contributed by atoms with van der Waals surface area (Å²) in [4.78, 5) is 13.5. The first-order valence-electron chi connectivity index (χ1n) is 8.19. The van der Waals surface area contributed by atoms with Crippen molar-refractivity contribution in [3.8, 4) is 0 Å². The monoisotopic (exact) mass is 317 g/mol. The van der Waals surface area contributed by atoms with Crippen LogP contribution in [0, 0.1) is 10.1 Å². The van der Waals surface area contributed by atoms with E-state index < -0.39 is 0 Å². The molecular weight excluding hydrogens is 294 g/mol. The molecule has 0 amide bonds. The summed E-state index contributed by atoms with van der Waals surface area (Å²) in [6, 6.07) is 6.44. The van der Waals surface area contributed by atoms with E-state index in [1.807, 2.05) is 6.07 Å². The summed E-state index contributed by atoms with van der Waals surface area (Å²) < 4.78 is 1.55. The Kier molecular flexibility index (Phi) is 4.47. The van der Waals surface area contributed by atoms with Gasteiger partial charge in [0.25, 0.3) is 0 Å². The van der Waals surface area contributed by atoms with Crippen molar-refractivity contribution in [2.24, 2.45) is 0 Å². The fourth-order valence-electron chi connectivity index (χ4n) is 3.50. The molecule has 2 atom stereocenters. The smallest absolute Gasteiger partial charge is 0.338 e. The van der Waals surface area contributed by atoms with Gasteiger partial charge < -0.3 is 5.32 Å². The Morgan fingerprint density at radius 2 is 2.09 bits per heavy atom. The average Bonchev–Trinajstić information content (AvgIpc) is 2.88. The first-order chi connectivity index (χ1) is 11.1. The predicted molar refractivity (Wildman–Crippen MR) is 89.8 cm³/mol. The van der Waals surface area contributed by atoms with Gasteiger partial charge in [-0.1, -0.05) is 12.5 Å². The van der Waals surface area contributed by atoms with E-state index in [1.165, 1.54) is 19.3 Å². The number of aromatic nitrogens is 2. The minimum absolute atomic E-state index is 0.0466. The molecule has 0 aliphatic carbocycles. The maximum absolute atomic E-state index is 11.4. The predicted octanol–water partition coefficient (Wildman–Crippen LogP) is 2.92. The van der Waals surface area contributed by atoms with E-state index in [0.717, 1.165) is 6.54 Å². The summed E-state index contributed by atoms with van der Waals surface area (Å²) >= 11 is 0. The number of pyridine rings is 1. The molecule has 2 aromatic rings. The van der Waals surface area contributed by atoms with E-state index in [1.54, 1.807) is 22.8 Å². The van der Waals surface area contributed by atoms with Gasteiger partial charge in [-0.15, -0.1) is 5.10 Å². The number of rotatable bonds is 5. The van der Waals surface area contributed by atoms with Crippen molar-refractivity contribution in [1.82, 2.24) is 14.5 Å². The molecule has 2 unspecified atom stereocenters. The van der Waals surface area contributed by atoms with E-state index in [9.17, 15) is 10.1 Å². The SMILES string of the molecule is CC1CCCC(C)N1CCNc1nn2ccccc2c1[N+](=O)[O-]. The van der Waals surface area contributed by atoms with Crippen LogP contribution >= 0.6 is 0 Å². The fraction of sp³-hybridized carbons (Fsp3) is 0.562. The molecule has 7 heteroatoms. The second-order valence-electron chi connectivity index (χ2n) is 6.28. The first kappa shape index (κ1) is 15.7. The van der Waals surface area contributed by atoms with Gasteiger partial charge >= 0.3 is 5.69 Å². The highest BCUT2D eigenvalue weighted by molar-refractivity contribution is 5.76. The van der Waals surface area contributed by atoms with Crippen LogP contribution in [-0.4, -0.2) is 44.6 Å². The van der Waals surface area contributed by atoms with E-state index >= 15 is 0 Å². The van der Waals surface area contributed by atoms with Crippen LogP contribution in [0.3, 0.4) is 0 Å². The molecule has 1 N–H and O–H groups in total. The molecule has 1 aliphatic rings. The maximum Gasteiger partial charge on any atom is 0.338 e. The minimum atomic E-state index is -0.364. The highest BCUT2D eigenvalue weighted by Gasteiger charge is 2.26. The van der Waals surface area contributed by atoms with Gasteiger partial charge in [-0.05, 0) is 38.8 Å². The lowest BCUT2D eigenvalue weighted by Gasteiger charge is -2.38. The van der Waals surface area contributed by atoms with Crippen LogP contribution in [0.5, 0.6) is 0 Å². The zero-order valence-electron chi connectivity index (χ0n) is 13.6. The standard InChI is InChI=1S/C16H23N5O2/c1-12-6-5-7-13(2)19(12)11-9-17-16-15(21(22)23)14-8-3-4-10-20(14)18-16/h3-4,8,10,12-13H,5-7,9,11H2,1-2H3,(H,17,18). The minimum Gasteiger partial charge on any atom is -0.362 e. The van der Waals surface area contributed by atoms with Crippen molar-refractivity contribution in [2.75, 3.05) is 18.4 Å². The molecule has 3 heterocycles. The van der Waals surface area contributed by atoms with Crippen LogP contribution in [0.2, 0.25) is 0 Å². The number of nitrogens with one attached hydrogen (secondary N) is 1. The molecule has 0 aromatic carbocycles. The van der Waals surface area contributed by atoms with E-state index in [4.69, 9.17) is 0 Å². The number of piperidine rings is 1. The van der Waals surface area contributed by atoms with E-state index in [0.29, 0.717) is 30.0 Å². The van der Waals surface area contributed by atoms with Crippen molar-refractivity contribution in [3.05, 3.63) is 34.5 Å².